The third-order valence-electron chi connectivity index (χ3n) is 2.66. The lowest BCUT2D eigenvalue weighted by Crippen LogP contribution is -2.15. The number of aromatic hydroxyl groups is 1. The number of amides is 1. The second-order valence-electron chi connectivity index (χ2n) is 4.11. The monoisotopic (exact) mass is 417 g/mol. The Morgan fingerprint density at radius 2 is 1.81 bits per heavy atom. The fourth-order valence-electron chi connectivity index (χ4n) is 1.69. The summed E-state index contributed by atoms with van der Waals surface area (Å²) in [4.78, 5) is 23.3. The largest absolute Gasteiger partial charge is 0.507 e. The van der Waals surface area contributed by atoms with Crippen LogP contribution in [0.25, 0.3) is 0 Å². The van der Waals surface area contributed by atoms with Crippen LogP contribution in [0.15, 0.2) is 36.4 Å². The summed E-state index contributed by atoms with van der Waals surface area (Å²) in [5, 5.41) is 21.5. The molecular weight excluding hydrogens is 409 g/mol. The molecule has 2 rings (SSSR count). The number of anilines is 1. The molecule has 2 aromatic carbocycles. The van der Waals surface area contributed by atoms with Gasteiger partial charge in [-0.3, -0.25) is 4.79 Å². The van der Waals surface area contributed by atoms with Crippen molar-refractivity contribution >= 4 is 51.8 Å². The Labute approximate surface area is 138 Å². The van der Waals surface area contributed by atoms with E-state index in [0.717, 1.165) is 3.57 Å². The number of rotatable bonds is 3. The fourth-order valence-corrected chi connectivity index (χ4v) is 2.35. The summed E-state index contributed by atoms with van der Waals surface area (Å²) in [6, 6.07) is 8.60. The molecule has 0 aromatic heterocycles. The smallest absolute Gasteiger partial charge is 0.337 e. The molecule has 0 bridgehead atoms. The molecule has 0 aliphatic rings. The normalized spacial score (nSPS) is 10.2. The number of carboxylic acid groups (broad SMARTS) is 1. The van der Waals surface area contributed by atoms with Crippen molar-refractivity contribution in [1.29, 1.82) is 0 Å². The van der Waals surface area contributed by atoms with E-state index in [1.807, 2.05) is 22.6 Å². The zero-order chi connectivity index (χ0) is 15.6. The molecule has 0 aliphatic heterocycles. The predicted octanol–water partition coefficient (Wildman–Crippen LogP) is 3.60. The van der Waals surface area contributed by atoms with Crippen LogP contribution in [0, 0.1) is 3.57 Å². The van der Waals surface area contributed by atoms with Gasteiger partial charge in [-0.25, -0.2) is 4.79 Å². The van der Waals surface area contributed by atoms with Crippen molar-refractivity contribution in [3.8, 4) is 5.75 Å². The number of carbonyl (C=O) groups is 2. The Morgan fingerprint density at radius 1 is 1.10 bits per heavy atom. The number of carboxylic acids is 1. The van der Waals surface area contributed by atoms with E-state index >= 15 is 0 Å². The maximum absolute atomic E-state index is 12.2. The van der Waals surface area contributed by atoms with Gasteiger partial charge in [0, 0.05) is 8.59 Å². The van der Waals surface area contributed by atoms with Gasteiger partial charge in [0.05, 0.1) is 16.8 Å². The quantitative estimate of drug-likeness (QED) is 0.666. The number of nitrogens with one attached hydrogen (secondary N) is 1. The van der Waals surface area contributed by atoms with Gasteiger partial charge in [0.25, 0.3) is 5.91 Å². The van der Waals surface area contributed by atoms with Crippen LogP contribution in [0.2, 0.25) is 5.02 Å². The zero-order valence-corrected chi connectivity index (χ0v) is 13.3. The van der Waals surface area contributed by atoms with Gasteiger partial charge in [0.15, 0.2) is 0 Å². The molecule has 0 radical (unpaired) electrons. The molecule has 108 valence electrons. The van der Waals surface area contributed by atoms with E-state index in [9.17, 15) is 14.7 Å². The third kappa shape index (κ3) is 3.64. The van der Waals surface area contributed by atoms with E-state index in [-0.39, 0.29) is 22.6 Å². The lowest BCUT2D eigenvalue weighted by molar-refractivity contribution is 0.0698. The van der Waals surface area contributed by atoms with Gasteiger partial charge < -0.3 is 15.5 Å². The van der Waals surface area contributed by atoms with Crippen LogP contribution in [0.5, 0.6) is 5.75 Å². The molecule has 0 saturated heterocycles. The number of aromatic carboxylic acids is 1. The lowest BCUT2D eigenvalue weighted by atomic mass is 10.1. The molecule has 0 saturated carbocycles. The van der Waals surface area contributed by atoms with Crippen LogP contribution in [0.4, 0.5) is 5.69 Å². The first kappa shape index (κ1) is 15.6. The van der Waals surface area contributed by atoms with Gasteiger partial charge in [-0.15, -0.1) is 0 Å². The van der Waals surface area contributed by atoms with Crippen LogP contribution < -0.4 is 5.32 Å². The van der Waals surface area contributed by atoms with Gasteiger partial charge in [-0.1, -0.05) is 11.6 Å². The number of carbonyl (C=O) groups excluding carboxylic acids is 1. The number of phenols is 1. The van der Waals surface area contributed by atoms with Crippen LogP contribution in [0.1, 0.15) is 20.7 Å². The highest BCUT2D eigenvalue weighted by Crippen LogP contribution is 2.24. The summed E-state index contributed by atoms with van der Waals surface area (Å²) >= 11 is 7.82. The van der Waals surface area contributed by atoms with Crippen molar-refractivity contribution in [3.63, 3.8) is 0 Å². The van der Waals surface area contributed by atoms with E-state index in [4.69, 9.17) is 16.7 Å². The summed E-state index contributed by atoms with van der Waals surface area (Å²) in [5.74, 6) is -1.99. The van der Waals surface area contributed by atoms with Gasteiger partial charge in [-0.2, -0.15) is 0 Å². The molecule has 0 aliphatic carbocycles. The van der Waals surface area contributed by atoms with Crippen LogP contribution >= 0.6 is 34.2 Å². The number of benzene rings is 2. The van der Waals surface area contributed by atoms with E-state index in [1.54, 1.807) is 6.07 Å². The number of halogens is 2. The van der Waals surface area contributed by atoms with E-state index in [0.29, 0.717) is 5.02 Å². The molecule has 21 heavy (non-hydrogen) atoms. The molecule has 0 atom stereocenters. The van der Waals surface area contributed by atoms with Gasteiger partial charge in [-0.05, 0) is 59.0 Å². The maximum atomic E-state index is 12.2. The molecular formula is C14H9ClINO4. The highest BCUT2D eigenvalue weighted by atomic mass is 127. The molecule has 0 fully saturated rings. The fraction of sp³-hybridized carbons (Fsp3) is 0. The van der Waals surface area contributed by atoms with Crippen molar-refractivity contribution in [2.75, 3.05) is 5.32 Å². The van der Waals surface area contributed by atoms with E-state index in [1.165, 1.54) is 30.3 Å². The minimum atomic E-state index is -1.19. The number of hydrogen-bond acceptors (Lipinski definition) is 3. The number of hydrogen-bond donors (Lipinski definition) is 3. The Balaban J connectivity index is 2.38. The third-order valence-corrected chi connectivity index (χ3v) is 3.57. The average Bonchev–Trinajstić information content (AvgIpc) is 2.41. The van der Waals surface area contributed by atoms with Crippen molar-refractivity contribution in [3.05, 3.63) is 56.1 Å². The minimum Gasteiger partial charge on any atom is -0.507 e. The minimum absolute atomic E-state index is 0.0539. The second-order valence-corrected chi connectivity index (χ2v) is 5.79. The predicted molar refractivity (Wildman–Crippen MR) is 87.2 cm³/mol. The Kier molecular flexibility index (Phi) is 4.69. The highest BCUT2D eigenvalue weighted by molar-refractivity contribution is 14.1. The molecule has 1 amide bonds. The summed E-state index contributed by atoms with van der Waals surface area (Å²) in [6.45, 7) is 0. The Hall–Kier alpha value is -1.80. The first-order chi connectivity index (χ1) is 9.88. The van der Waals surface area contributed by atoms with Crippen molar-refractivity contribution in [2.45, 2.75) is 0 Å². The number of phenolic OH excluding ortho intramolecular Hbond substituents is 1. The molecule has 0 heterocycles. The van der Waals surface area contributed by atoms with Crippen molar-refractivity contribution in [2.24, 2.45) is 0 Å². The van der Waals surface area contributed by atoms with Gasteiger partial charge in [0.1, 0.15) is 5.75 Å². The van der Waals surface area contributed by atoms with Crippen molar-refractivity contribution in [1.82, 2.24) is 0 Å². The summed E-state index contributed by atoms with van der Waals surface area (Å²) in [6.07, 6.45) is 0. The van der Waals surface area contributed by atoms with Gasteiger partial charge in [0.2, 0.25) is 0 Å². The second kappa shape index (κ2) is 6.31. The van der Waals surface area contributed by atoms with Crippen LogP contribution in [-0.4, -0.2) is 22.1 Å². The van der Waals surface area contributed by atoms with Gasteiger partial charge >= 0.3 is 5.97 Å². The molecule has 7 heteroatoms. The summed E-state index contributed by atoms with van der Waals surface area (Å²) in [7, 11) is 0. The molecule has 5 nitrogen and oxygen atoms in total. The van der Waals surface area contributed by atoms with E-state index < -0.39 is 11.9 Å². The molecule has 0 unspecified atom stereocenters. The van der Waals surface area contributed by atoms with Crippen molar-refractivity contribution < 1.29 is 19.8 Å². The first-order valence-electron chi connectivity index (χ1n) is 5.71. The molecule has 3 N–H and O–H groups in total. The lowest BCUT2D eigenvalue weighted by Gasteiger charge is -2.10. The summed E-state index contributed by atoms with van der Waals surface area (Å²) < 4.78 is 0.764. The van der Waals surface area contributed by atoms with E-state index in [2.05, 4.69) is 5.32 Å². The average molecular weight is 418 g/mol. The maximum Gasteiger partial charge on any atom is 0.337 e. The Bertz CT molecular complexity index is 733. The molecule has 2 aromatic rings. The molecule has 0 spiro atoms. The van der Waals surface area contributed by atoms with Crippen LogP contribution in [-0.2, 0) is 0 Å². The highest BCUT2D eigenvalue weighted by Gasteiger charge is 2.16. The Morgan fingerprint density at radius 3 is 2.48 bits per heavy atom. The standard InChI is InChI=1S/C14H9ClINO4/c15-7-1-3-9(14(20)21)11(5-7)17-13(19)10-6-8(16)2-4-12(10)18/h1-6,18H,(H,17,19)(H,20,21). The summed E-state index contributed by atoms with van der Waals surface area (Å²) in [5.41, 5.74) is 0.0364. The van der Waals surface area contributed by atoms with Crippen LogP contribution in [0.3, 0.4) is 0 Å². The first-order valence-corrected chi connectivity index (χ1v) is 7.17. The topological polar surface area (TPSA) is 86.6 Å². The SMILES string of the molecule is O=C(Nc1cc(Cl)ccc1C(=O)O)c1cc(I)ccc1O. The zero-order valence-electron chi connectivity index (χ0n) is 10.4.